The van der Waals surface area contributed by atoms with Crippen LogP contribution in [0.25, 0.3) is 0 Å². The van der Waals surface area contributed by atoms with Gasteiger partial charge in [0.2, 0.25) is 11.8 Å². The summed E-state index contributed by atoms with van der Waals surface area (Å²) in [6, 6.07) is 5.90. The fraction of sp³-hybridized carbons (Fsp3) is 0.686. The molecular formula is C35H53N5O6. The van der Waals surface area contributed by atoms with E-state index in [9.17, 15) is 29.1 Å². The van der Waals surface area contributed by atoms with Crippen LogP contribution in [0.15, 0.2) is 24.3 Å². The number of carbonyl (C=O) groups excluding carboxylic acids is 4. The number of carboxylic acids is 1. The molecule has 4 N–H and O–H groups in total. The second-order valence-electron chi connectivity index (χ2n) is 14.4. The van der Waals surface area contributed by atoms with Gasteiger partial charge in [-0.25, -0.2) is 9.59 Å². The molecule has 2 fully saturated rings. The van der Waals surface area contributed by atoms with E-state index in [0.29, 0.717) is 44.5 Å². The zero-order valence-corrected chi connectivity index (χ0v) is 28.0. The molecule has 4 rings (SSSR count). The molecule has 1 saturated carbocycles. The van der Waals surface area contributed by atoms with Crippen molar-refractivity contribution in [3.63, 3.8) is 0 Å². The van der Waals surface area contributed by atoms with Crippen molar-refractivity contribution in [3.8, 4) is 0 Å². The molecule has 0 aromatic heterocycles. The maximum Gasteiger partial charge on any atom is 0.329 e. The zero-order chi connectivity index (χ0) is 33.5. The van der Waals surface area contributed by atoms with Gasteiger partial charge in [-0.05, 0) is 55.1 Å². The minimum atomic E-state index is -1.25. The molecule has 46 heavy (non-hydrogen) atoms. The number of carboxylic acid groups (broad SMARTS) is 1. The number of hydrogen-bond donors (Lipinski definition) is 4. The van der Waals surface area contributed by atoms with Gasteiger partial charge in [0.25, 0.3) is 5.91 Å². The number of aliphatic carboxylic acids is 1. The molecule has 1 unspecified atom stereocenters. The Labute approximate surface area is 273 Å². The third kappa shape index (κ3) is 8.59. The summed E-state index contributed by atoms with van der Waals surface area (Å²) in [6.45, 7) is 9.09. The van der Waals surface area contributed by atoms with Gasteiger partial charge in [-0.2, -0.15) is 0 Å². The summed E-state index contributed by atoms with van der Waals surface area (Å²) in [4.78, 5) is 68.0. The van der Waals surface area contributed by atoms with Crippen LogP contribution in [0.1, 0.15) is 108 Å². The minimum Gasteiger partial charge on any atom is -0.479 e. The molecule has 1 aliphatic carbocycles. The van der Waals surface area contributed by atoms with Gasteiger partial charge in [0.15, 0.2) is 0 Å². The fourth-order valence-corrected chi connectivity index (χ4v) is 6.83. The summed E-state index contributed by atoms with van der Waals surface area (Å²) in [5, 5.41) is 18.4. The van der Waals surface area contributed by atoms with E-state index in [1.165, 1.54) is 24.2 Å². The third-order valence-corrected chi connectivity index (χ3v) is 9.95. The third-order valence-electron chi connectivity index (χ3n) is 9.95. The first-order valence-electron chi connectivity index (χ1n) is 17.1. The van der Waals surface area contributed by atoms with Gasteiger partial charge in [0.1, 0.15) is 11.6 Å². The monoisotopic (exact) mass is 639 g/mol. The summed E-state index contributed by atoms with van der Waals surface area (Å²) >= 11 is 0. The maximum atomic E-state index is 13.3. The number of unbranched alkanes of at least 4 members (excludes halogenated alkanes) is 5. The van der Waals surface area contributed by atoms with Crippen LogP contribution in [0.4, 0.5) is 4.79 Å². The van der Waals surface area contributed by atoms with Crippen LogP contribution in [-0.4, -0.2) is 88.4 Å². The maximum absolute atomic E-state index is 13.3. The Morgan fingerprint density at radius 1 is 1.04 bits per heavy atom. The van der Waals surface area contributed by atoms with E-state index in [0.717, 1.165) is 37.7 Å². The largest absolute Gasteiger partial charge is 0.479 e. The molecule has 0 radical (unpaired) electrons. The van der Waals surface area contributed by atoms with E-state index in [1.807, 2.05) is 45.0 Å². The molecule has 0 bridgehead atoms. The second-order valence-corrected chi connectivity index (χ2v) is 14.4. The molecule has 254 valence electrons. The van der Waals surface area contributed by atoms with Crippen molar-refractivity contribution >= 4 is 29.7 Å². The van der Waals surface area contributed by atoms with E-state index in [4.69, 9.17) is 0 Å². The number of amides is 5. The molecule has 1 saturated heterocycles. The highest BCUT2D eigenvalue weighted by Gasteiger charge is 2.61. The van der Waals surface area contributed by atoms with Gasteiger partial charge >= 0.3 is 12.0 Å². The minimum absolute atomic E-state index is 0.0588. The zero-order valence-electron chi connectivity index (χ0n) is 28.0. The number of rotatable bonds is 15. The quantitative estimate of drug-likeness (QED) is 0.213. The normalized spacial score (nSPS) is 23.0. The standard InChI is InChI=1S/C35H53N5O6/c1-5-6-7-8-9-10-15-25-21-35(25,32(44)45)38-30(42)27-17-13-19-40(27)29(41)22-36-33(46)37-28(34(2,3)4)23-39-20-18-24-14-11-12-16-26(24)31(39)43/h11-12,14,16,25,27-28H,5-10,13,15,17-23H2,1-4H3,(H,38,42)(H,44,45)(H2,36,37,46)/t25?,27-,28+,35+/m0/s1. The van der Waals surface area contributed by atoms with Gasteiger partial charge < -0.3 is 30.9 Å². The van der Waals surface area contributed by atoms with E-state index >= 15 is 0 Å². The molecule has 11 nitrogen and oxygen atoms in total. The summed E-state index contributed by atoms with van der Waals surface area (Å²) in [5.74, 6) is -2.01. The first-order valence-corrected chi connectivity index (χ1v) is 17.1. The highest BCUT2D eigenvalue weighted by Crippen LogP contribution is 2.47. The summed E-state index contributed by atoms with van der Waals surface area (Å²) < 4.78 is 0. The van der Waals surface area contributed by atoms with Gasteiger partial charge in [-0.15, -0.1) is 0 Å². The number of hydrogen-bond acceptors (Lipinski definition) is 5. The van der Waals surface area contributed by atoms with Crippen LogP contribution < -0.4 is 16.0 Å². The lowest BCUT2D eigenvalue weighted by molar-refractivity contribution is -0.145. The fourth-order valence-electron chi connectivity index (χ4n) is 6.83. The molecular weight excluding hydrogens is 586 g/mol. The van der Waals surface area contributed by atoms with Crippen LogP contribution in [-0.2, 0) is 20.8 Å². The molecule has 11 heteroatoms. The smallest absolute Gasteiger partial charge is 0.329 e. The van der Waals surface area contributed by atoms with E-state index in [1.54, 1.807) is 4.90 Å². The Morgan fingerprint density at radius 2 is 1.76 bits per heavy atom. The molecule has 2 heterocycles. The topological polar surface area (TPSA) is 148 Å². The Balaban J connectivity index is 1.26. The Hall–Kier alpha value is -3.63. The van der Waals surface area contributed by atoms with Crippen molar-refractivity contribution in [3.05, 3.63) is 35.4 Å². The lowest BCUT2D eigenvalue weighted by Crippen LogP contribution is -2.57. The Bertz CT molecular complexity index is 1280. The van der Waals surface area contributed by atoms with Gasteiger partial charge in [-0.3, -0.25) is 14.4 Å². The van der Waals surface area contributed by atoms with Gasteiger partial charge in [0.05, 0.1) is 12.6 Å². The number of fused-ring (bicyclic) bond motifs is 1. The highest BCUT2D eigenvalue weighted by molar-refractivity contribution is 5.97. The van der Waals surface area contributed by atoms with Gasteiger partial charge in [-0.1, -0.05) is 84.4 Å². The predicted molar refractivity (Wildman–Crippen MR) is 175 cm³/mol. The molecule has 2 aliphatic heterocycles. The van der Waals surface area contributed by atoms with E-state index in [-0.39, 0.29) is 29.8 Å². The molecule has 1 aromatic carbocycles. The Morgan fingerprint density at radius 3 is 2.48 bits per heavy atom. The number of carbonyl (C=O) groups is 5. The molecule has 5 amide bonds. The first-order chi connectivity index (χ1) is 21.9. The van der Waals surface area contributed by atoms with Crippen LogP contribution in [0, 0.1) is 11.3 Å². The molecule has 0 spiro atoms. The van der Waals surface area contributed by atoms with Crippen LogP contribution in [0.5, 0.6) is 0 Å². The predicted octanol–water partition coefficient (Wildman–Crippen LogP) is 4.10. The van der Waals surface area contributed by atoms with Crippen molar-refractivity contribution in [2.45, 2.75) is 116 Å². The molecule has 3 aliphatic rings. The van der Waals surface area contributed by atoms with E-state index in [2.05, 4.69) is 22.9 Å². The van der Waals surface area contributed by atoms with E-state index < -0.39 is 35.4 Å². The lowest BCUT2D eigenvalue weighted by atomic mass is 9.85. The summed E-state index contributed by atoms with van der Waals surface area (Å²) in [5.41, 5.74) is 0.0878. The second kappa shape index (κ2) is 15.3. The first kappa shape index (κ1) is 35.2. The number of likely N-dealkylation sites (tertiary alicyclic amines) is 1. The number of nitrogens with one attached hydrogen (secondary N) is 3. The van der Waals surface area contributed by atoms with Crippen molar-refractivity contribution in [1.29, 1.82) is 0 Å². The summed E-state index contributed by atoms with van der Waals surface area (Å²) in [6.07, 6.45) is 9.72. The summed E-state index contributed by atoms with van der Waals surface area (Å²) in [7, 11) is 0. The number of urea groups is 1. The number of nitrogens with zero attached hydrogens (tertiary/aromatic N) is 2. The van der Waals surface area contributed by atoms with Crippen LogP contribution in [0.3, 0.4) is 0 Å². The number of benzene rings is 1. The molecule has 1 aromatic rings. The van der Waals surface area contributed by atoms with Gasteiger partial charge in [0, 0.05) is 25.2 Å². The van der Waals surface area contributed by atoms with Crippen molar-refractivity contribution in [2.75, 3.05) is 26.2 Å². The van der Waals surface area contributed by atoms with Crippen molar-refractivity contribution in [2.24, 2.45) is 11.3 Å². The average Bonchev–Trinajstić information content (AvgIpc) is 3.47. The van der Waals surface area contributed by atoms with Crippen molar-refractivity contribution < 1.29 is 29.1 Å². The van der Waals surface area contributed by atoms with Crippen molar-refractivity contribution in [1.82, 2.24) is 25.8 Å². The highest BCUT2D eigenvalue weighted by atomic mass is 16.4. The Kier molecular flexibility index (Phi) is 11.7. The lowest BCUT2D eigenvalue weighted by Gasteiger charge is -2.37. The SMILES string of the molecule is CCCCCCCCC1C[C@]1(NC(=O)[C@@H]1CCCN1C(=O)CNC(=O)N[C@H](CN1CCc2ccccc2C1=O)C(C)(C)C)C(=O)O. The molecule has 4 atom stereocenters. The average molecular weight is 640 g/mol. The van der Waals surface area contributed by atoms with Crippen LogP contribution >= 0.6 is 0 Å². The van der Waals surface area contributed by atoms with Crippen LogP contribution in [0.2, 0.25) is 0 Å².